The van der Waals surface area contributed by atoms with Gasteiger partial charge < -0.3 is 4.74 Å². The molecule has 0 saturated heterocycles. The number of rotatable bonds is 3. The molecule has 1 heterocycles. The topological polar surface area (TPSA) is 26.3 Å². The second-order valence-electron chi connectivity index (χ2n) is 2.26. The molecular weight excluding hydrogens is 172 g/mol. The first-order chi connectivity index (χ1) is 5.75. The van der Waals surface area contributed by atoms with Crippen molar-refractivity contribution in [2.75, 3.05) is 6.61 Å². The molecule has 0 atom stereocenters. The normalized spacial score (nSPS) is 16.6. The maximum atomic E-state index is 11.2. The maximum Gasteiger partial charge on any atom is 0.342 e. The van der Waals surface area contributed by atoms with Crippen LogP contribution in [-0.2, 0) is 9.53 Å². The number of ether oxygens (including phenoxy) is 1. The molecule has 1 aliphatic rings. The van der Waals surface area contributed by atoms with Crippen LogP contribution < -0.4 is 0 Å². The minimum atomic E-state index is -0.587. The summed E-state index contributed by atoms with van der Waals surface area (Å²) in [6, 6.07) is 0. The lowest BCUT2D eigenvalue weighted by Gasteiger charge is -2.11. The van der Waals surface area contributed by atoms with E-state index in [-0.39, 0.29) is 5.97 Å². The quantitative estimate of drug-likeness (QED) is 0.413. The Bertz CT molecular complexity index is 241. The van der Waals surface area contributed by atoms with Gasteiger partial charge in [0.15, 0.2) is 0 Å². The predicted molar refractivity (Wildman–Crippen MR) is 53.0 cm³/mol. The first-order valence-electron chi connectivity index (χ1n) is 3.75. The van der Waals surface area contributed by atoms with E-state index < -0.39 is 10.9 Å². The number of allylic oxidation sites excluding steroid dienone is 2. The van der Waals surface area contributed by atoms with Gasteiger partial charge in [0.2, 0.25) is 0 Å². The summed E-state index contributed by atoms with van der Waals surface area (Å²) in [6.07, 6.45) is 3.85. The zero-order valence-electron chi connectivity index (χ0n) is 6.99. The summed E-state index contributed by atoms with van der Waals surface area (Å²) >= 11 is 0. The number of hydrogen-bond donors (Lipinski definition) is 1. The van der Waals surface area contributed by atoms with Crippen LogP contribution in [0.4, 0.5) is 0 Å². The Morgan fingerprint density at radius 3 is 2.58 bits per heavy atom. The summed E-state index contributed by atoms with van der Waals surface area (Å²) in [7, 11) is -0.587. The van der Waals surface area contributed by atoms with Crippen LogP contribution in [0.1, 0.15) is 6.92 Å². The third-order valence-electron chi connectivity index (χ3n) is 1.43. The lowest BCUT2D eigenvalue weighted by Crippen LogP contribution is -2.05. The molecule has 0 aliphatic carbocycles. The molecule has 0 aromatic rings. The summed E-state index contributed by atoms with van der Waals surface area (Å²) in [5, 5.41) is 3.96. The average Bonchev–Trinajstić information content (AvgIpc) is 2.55. The van der Waals surface area contributed by atoms with E-state index in [0.29, 0.717) is 11.5 Å². The average molecular weight is 184 g/mol. The van der Waals surface area contributed by atoms with E-state index in [1.807, 2.05) is 23.0 Å². The summed E-state index contributed by atoms with van der Waals surface area (Å²) in [5.74, 6) is -0.278. The monoisotopic (exact) mass is 184 g/mol. The van der Waals surface area contributed by atoms with E-state index in [4.69, 9.17) is 4.74 Å². The highest BCUT2D eigenvalue weighted by atomic mass is 32.2. The van der Waals surface area contributed by atoms with Gasteiger partial charge in [-0.25, -0.2) is 4.79 Å². The highest BCUT2D eigenvalue weighted by Crippen LogP contribution is 2.40. The van der Waals surface area contributed by atoms with E-state index in [2.05, 4.69) is 6.58 Å². The van der Waals surface area contributed by atoms with Crippen molar-refractivity contribution < 1.29 is 9.53 Å². The van der Waals surface area contributed by atoms with Gasteiger partial charge in [0.25, 0.3) is 0 Å². The zero-order chi connectivity index (χ0) is 8.97. The van der Waals surface area contributed by atoms with E-state index in [1.165, 1.54) is 0 Å². The number of esters is 1. The van der Waals surface area contributed by atoms with E-state index in [1.54, 1.807) is 6.92 Å². The van der Waals surface area contributed by atoms with Crippen molar-refractivity contribution in [1.29, 1.82) is 0 Å². The van der Waals surface area contributed by atoms with Crippen molar-refractivity contribution in [3.63, 3.8) is 0 Å². The molecule has 0 N–H and O–H groups in total. The third kappa shape index (κ3) is 2.01. The summed E-state index contributed by atoms with van der Waals surface area (Å²) in [6.45, 7) is 5.91. The summed E-state index contributed by atoms with van der Waals surface area (Å²) < 4.78 is 4.83. The molecule has 2 nitrogen and oxygen atoms in total. The Hall–Kier alpha value is -0.960. The van der Waals surface area contributed by atoms with Crippen molar-refractivity contribution in [2.24, 2.45) is 0 Å². The predicted octanol–water partition coefficient (Wildman–Crippen LogP) is 2.11. The molecule has 0 bridgehead atoms. The van der Waals surface area contributed by atoms with Crippen LogP contribution in [0, 0.1) is 0 Å². The van der Waals surface area contributed by atoms with Gasteiger partial charge >= 0.3 is 5.97 Å². The Balaban J connectivity index is 2.52. The SMILES string of the molecule is C=C(C(=O)OCC)[SH]1C=CC=C1. The fourth-order valence-electron chi connectivity index (χ4n) is 0.834. The summed E-state index contributed by atoms with van der Waals surface area (Å²) in [5.41, 5.74) is 0. The van der Waals surface area contributed by atoms with Crippen molar-refractivity contribution in [1.82, 2.24) is 0 Å². The van der Waals surface area contributed by atoms with Crippen LogP contribution >= 0.6 is 10.9 Å². The third-order valence-corrected chi connectivity index (χ3v) is 3.22. The standard InChI is InChI=1S/C9H12O2S/c1-3-11-9(10)8(2)12-6-4-5-7-12/h4-7,12H,2-3H2,1H3. The van der Waals surface area contributed by atoms with Crippen molar-refractivity contribution in [2.45, 2.75) is 6.92 Å². The Morgan fingerprint density at radius 2 is 2.08 bits per heavy atom. The minimum absolute atomic E-state index is 0.278. The van der Waals surface area contributed by atoms with Gasteiger partial charge in [-0.2, -0.15) is 10.9 Å². The summed E-state index contributed by atoms with van der Waals surface area (Å²) in [4.78, 5) is 11.7. The highest BCUT2D eigenvalue weighted by Gasteiger charge is 2.13. The van der Waals surface area contributed by atoms with Gasteiger partial charge in [-0.3, -0.25) is 0 Å². The van der Waals surface area contributed by atoms with Gasteiger partial charge in [0, 0.05) is 0 Å². The minimum Gasteiger partial charge on any atom is -0.462 e. The van der Waals surface area contributed by atoms with Gasteiger partial charge in [0.1, 0.15) is 0 Å². The first-order valence-corrected chi connectivity index (χ1v) is 5.23. The van der Waals surface area contributed by atoms with Gasteiger partial charge in [-0.05, 0) is 17.7 Å². The largest absolute Gasteiger partial charge is 0.462 e. The van der Waals surface area contributed by atoms with Gasteiger partial charge in [-0.15, -0.1) is 0 Å². The van der Waals surface area contributed by atoms with Crippen LogP contribution in [-0.4, -0.2) is 12.6 Å². The molecule has 0 amide bonds. The molecule has 12 heavy (non-hydrogen) atoms. The molecule has 0 spiro atoms. The van der Waals surface area contributed by atoms with Crippen molar-refractivity contribution in [3.05, 3.63) is 34.5 Å². The lowest BCUT2D eigenvalue weighted by atomic mass is 10.6. The fraction of sp³-hybridized carbons (Fsp3) is 0.222. The second-order valence-corrected chi connectivity index (χ2v) is 4.21. The molecule has 3 heteroatoms. The molecule has 0 aromatic heterocycles. The molecule has 0 radical (unpaired) electrons. The van der Waals surface area contributed by atoms with E-state index >= 15 is 0 Å². The maximum absolute atomic E-state index is 11.2. The molecule has 0 unspecified atom stereocenters. The van der Waals surface area contributed by atoms with Crippen LogP contribution in [0.2, 0.25) is 0 Å². The Kier molecular flexibility index (Phi) is 3.17. The first kappa shape index (κ1) is 9.13. The Morgan fingerprint density at radius 1 is 1.50 bits per heavy atom. The molecule has 0 aromatic carbocycles. The molecule has 1 rings (SSSR count). The zero-order valence-corrected chi connectivity index (χ0v) is 7.88. The highest BCUT2D eigenvalue weighted by molar-refractivity contribution is 8.26. The number of hydrogen-bond acceptors (Lipinski definition) is 2. The molecule has 0 fully saturated rings. The fourth-order valence-corrected chi connectivity index (χ4v) is 2.14. The molecule has 66 valence electrons. The van der Waals surface area contributed by atoms with Crippen molar-refractivity contribution >= 4 is 16.9 Å². The number of carbonyl (C=O) groups is 1. The molecule has 1 aliphatic heterocycles. The van der Waals surface area contributed by atoms with Crippen LogP contribution in [0.15, 0.2) is 34.5 Å². The van der Waals surface area contributed by atoms with Gasteiger partial charge in [-0.1, -0.05) is 18.7 Å². The van der Waals surface area contributed by atoms with Crippen LogP contribution in [0.3, 0.4) is 0 Å². The van der Waals surface area contributed by atoms with E-state index in [9.17, 15) is 4.79 Å². The smallest absolute Gasteiger partial charge is 0.342 e. The second kappa shape index (κ2) is 4.16. The number of thiol groups is 1. The van der Waals surface area contributed by atoms with Crippen molar-refractivity contribution in [3.8, 4) is 0 Å². The van der Waals surface area contributed by atoms with Crippen LogP contribution in [0.25, 0.3) is 0 Å². The van der Waals surface area contributed by atoms with Crippen LogP contribution in [0.5, 0.6) is 0 Å². The Labute approximate surface area is 75.0 Å². The molecular formula is C9H12O2S. The van der Waals surface area contributed by atoms with E-state index in [0.717, 1.165) is 0 Å². The number of carbonyl (C=O) groups excluding carboxylic acids is 1. The molecule has 0 saturated carbocycles. The lowest BCUT2D eigenvalue weighted by molar-refractivity contribution is -0.137. The van der Waals surface area contributed by atoms with Gasteiger partial charge in [0.05, 0.1) is 11.5 Å².